The first-order valence-corrected chi connectivity index (χ1v) is 10.5. The van der Waals surface area contributed by atoms with Gasteiger partial charge in [-0.1, -0.05) is 37.1 Å². The normalized spacial score (nSPS) is 14.6. The Morgan fingerprint density at radius 2 is 2.04 bits per heavy atom. The van der Waals surface area contributed by atoms with E-state index < -0.39 is 0 Å². The highest BCUT2D eigenvalue weighted by Crippen LogP contribution is 2.20. The zero-order valence-corrected chi connectivity index (χ0v) is 16.6. The van der Waals surface area contributed by atoms with Gasteiger partial charge in [0.05, 0.1) is 5.75 Å². The summed E-state index contributed by atoms with van der Waals surface area (Å²) < 4.78 is 20.5. The lowest BCUT2D eigenvalue weighted by Crippen LogP contribution is -2.37. The molecular formula is C20H25FN4O2S. The van der Waals surface area contributed by atoms with Gasteiger partial charge in [0, 0.05) is 12.6 Å². The smallest absolute Gasteiger partial charge is 0.230 e. The number of halogens is 1. The minimum absolute atomic E-state index is 0.0224. The van der Waals surface area contributed by atoms with Gasteiger partial charge in [-0.15, -0.1) is 16.8 Å². The van der Waals surface area contributed by atoms with E-state index in [4.69, 9.17) is 4.74 Å². The number of nitrogens with one attached hydrogen (secondary N) is 1. The van der Waals surface area contributed by atoms with Crippen molar-refractivity contribution in [3.8, 4) is 5.75 Å². The van der Waals surface area contributed by atoms with E-state index in [0.29, 0.717) is 35.1 Å². The van der Waals surface area contributed by atoms with Gasteiger partial charge in [0.1, 0.15) is 18.2 Å². The second-order valence-corrected chi connectivity index (χ2v) is 7.67. The number of hydrogen-bond acceptors (Lipinski definition) is 5. The number of carbonyl (C=O) groups is 1. The summed E-state index contributed by atoms with van der Waals surface area (Å²) in [7, 11) is 0. The van der Waals surface area contributed by atoms with E-state index in [0.717, 1.165) is 12.8 Å². The second kappa shape index (κ2) is 10.3. The molecule has 28 heavy (non-hydrogen) atoms. The molecule has 150 valence electrons. The molecule has 0 unspecified atom stereocenters. The lowest BCUT2D eigenvalue weighted by Gasteiger charge is -2.22. The van der Waals surface area contributed by atoms with Crippen LogP contribution in [0.3, 0.4) is 0 Å². The highest BCUT2D eigenvalue weighted by Gasteiger charge is 2.18. The van der Waals surface area contributed by atoms with E-state index in [1.807, 2.05) is 4.57 Å². The van der Waals surface area contributed by atoms with E-state index in [1.54, 1.807) is 18.2 Å². The minimum atomic E-state index is -0.313. The average Bonchev–Trinajstić information content (AvgIpc) is 3.09. The molecule has 1 aliphatic carbocycles. The van der Waals surface area contributed by atoms with Crippen molar-refractivity contribution in [1.82, 2.24) is 20.1 Å². The fourth-order valence-corrected chi connectivity index (χ4v) is 3.95. The van der Waals surface area contributed by atoms with Gasteiger partial charge < -0.3 is 10.1 Å². The average molecular weight is 405 g/mol. The SMILES string of the molecule is C=CCn1c(COc2ccc(F)cc2)nnc1SCC(=O)NC1CCCCC1. The van der Waals surface area contributed by atoms with Crippen LogP contribution in [0.2, 0.25) is 0 Å². The first kappa shape index (κ1) is 20.4. The van der Waals surface area contributed by atoms with Crippen LogP contribution >= 0.6 is 11.8 Å². The summed E-state index contributed by atoms with van der Waals surface area (Å²) in [6.45, 7) is 4.48. The largest absolute Gasteiger partial charge is 0.486 e. The van der Waals surface area contributed by atoms with Crippen LogP contribution in [0.5, 0.6) is 5.75 Å². The summed E-state index contributed by atoms with van der Waals surface area (Å²) in [5.74, 6) is 1.18. The maximum atomic E-state index is 13.0. The highest BCUT2D eigenvalue weighted by molar-refractivity contribution is 7.99. The van der Waals surface area contributed by atoms with E-state index >= 15 is 0 Å². The van der Waals surface area contributed by atoms with Crippen LogP contribution < -0.4 is 10.1 Å². The van der Waals surface area contributed by atoms with Crippen LogP contribution in [-0.4, -0.2) is 32.5 Å². The summed E-state index contributed by atoms with van der Waals surface area (Å²) in [6.07, 6.45) is 7.50. The van der Waals surface area contributed by atoms with Gasteiger partial charge in [-0.05, 0) is 37.1 Å². The number of carbonyl (C=O) groups excluding carboxylic acids is 1. The number of amides is 1. The summed E-state index contributed by atoms with van der Waals surface area (Å²) in [5, 5.41) is 12.1. The molecule has 1 saturated carbocycles. The molecule has 2 aromatic rings. The topological polar surface area (TPSA) is 69.0 Å². The van der Waals surface area contributed by atoms with Crippen LogP contribution in [0.4, 0.5) is 4.39 Å². The van der Waals surface area contributed by atoms with Crippen molar-refractivity contribution in [2.75, 3.05) is 5.75 Å². The van der Waals surface area contributed by atoms with E-state index in [-0.39, 0.29) is 18.3 Å². The van der Waals surface area contributed by atoms with Crippen molar-refractivity contribution in [3.05, 3.63) is 48.6 Å². The zero-order valence-electron chi connectivity index (χ0n) is 15.8. The van der Waals surface area contributed by atoms with Crippen molar-refractivity contribution in [1.29, 1.82) is 0 Å². The number of allylic oxidation sites excluding steroid dienone is 1. The van der Waals surface area contributed by atoms with Gasteiger partial charge >= 0.3 is 0 Å². The number of nitrogens with zero attached hydrogens (tertiary/aromatic N) is 3. The Hall–Kier alpha value is -2.35. The van der Waals surface area contributed by atoms with E-state index in [2.05, 4.69) is 22.1 Å². The van der Waals surface area contributed by atoms with E-state index in [1.165, 1.54) is 43.2 Å². The third-order valence-electron chi connectivity index (χ3n) is 4.59. The number of benzene rings is 1. The van der Waals surface area contributed by atoms with Crippen LogP contribution in [0.1, 0.15) is 37.9 Å². The molecule has 0 bridgehead atoms. The highest BCUT2D eigenvalue weighted by atomic mass is 32.2. The van der Waals surface area contributed by atoms with Crippen molar-refractivity contribution >= 4 is 17.7 Å². The van der Waals surface area contributed by atoms with Gasteiger partial charge in [-0.25, -0.2) is 4.39 Å². The fraction of sp³-hybridized carbons (Fsp3) is 0.450. The molecule has 0 aliphatic heterocycles. The third kappa shape index (κ3) is 5.82. The Morgan fingerprint density at radius 1 is 1.29 bits per heavy atom. The Kier molecular flexibility index (Phi) is 7.47. The van der Waals surface area contributed by atoms with Crippen molar-refractivity contribution in [3.63, 3.8) is 0 Å². The van der Waals surface area contributed by atoms with Crippen LogP contribution in [0.25, 0.3) is 0 Å². The number of thioether (sulfide) groups is 1. The molecule has 0 radical (unpaired) electrons. The van der Waals surface area contributed by atoms with Crippen molar-refractivity contribution in [2.24, 2.45) is 0 Å². The van der Waals surface area contributed by atoms with Crippen LogP contribution in [-0.2, 0) is 17.9 Å². The molecule has 1 aliphatic rings. The summed E-state index contributed by atoms with van der Waals surface area (Å²) in [6, 6.07) is 6.11. The molecule has 8 heteroatoms. The molecule has 0 saturated heterocycles. The number of aromatic nitrogens is 3. The fourth-order valence-electron chi connectivity index (χ4n) is 3.17. The number of rotatable bonds is 9. The zero-order chi connectivity index (χ0) is 19.8. The lowest BCUT2D eigenvalue weighted by atomic mass is 9.95. The standard InChI is InChI=1S/C20H25FN4O2S/c1-2-12-25-18(13-27-17-10-8-15(21)9-11-17)23-24-20(25)28-14-19(26)22-16-6-4-3-5-7-16/h2,8-11,16H,1,3-7,12-14H2,(H,22,26). The predicted molar refractivity (Wildman–Crippen MR) is 107 cm³/mol. The number of hydrogen-bond donors (Lipinski definition) is 1. The van der Waals surface area contributed by atoms with Gasteiger partial charge in [0.15, 0.2) is 11.0 Å². The summed E-state index contributed by atoms with van der Waals surface area (Å²) >= 11 is 1.35. The first-order chi connectivity index (χ1) is 13.7. The molecule has 1 N–H and O–H groups in total. The Bertz CT molecular complexity index is 788. The molecule has 1 aromatic heterocycles. The Labute approximate surface area is 168 Å². The quantitative estimate of drug-likeness (QED) is 0.510. The monoisotopic (exact) mass is 404 g/mol. The maximum absolute atomic E-state index is 13.0. The molecule has 1 fully saturated rings. The lowest BCUT2D eigenvalue weighted by molar-refractivity contribution is -0.119. The molecule has 1 heterocycles. The van der Waals surface area contributed by atoms with Crippen molar-refractivity contribution in [2.45, 2.75) is 56.5 Å². The molecule has 1 amide bonds. The molecule has 0 atom stereocenters. The minimum Gasteiger partial charge on any atom is -0.486 e. The molecule has 1 aromatic carbocycles. The maximum Gasteiger partial charge on any atom is 0.230 e. The third-order valence-corrected chi connectivity index (χ3v) is 5.56. The Morgan fingerprint density at radius 3 is 2.75 bits per heavy atom. The van der Waals surface area contributed by atoms with E-state index in [9.17, 15) is 9.18 Å². The summed E-state index contributed by atoms with van der Waals surface area (Å²) in [4.78, 5) is 12.2. The predicted octanol–water partition coefficient (Wildman–Crippen LogP) is 3.72. The first-order valence-electron chi connectivity index (χ1n) is 9.49. The van der Waals surface area contributed by atoms with Gasteiger partial charge in [0.2, 0.25) is 5.91 Å². The Balaban J connectivity index is 1.55. The molecule has 6 nitrogen and oxygen atoms in total. The number of ether oxygens (including phenoxy) is 1. The van der Waals surface area contributed by atoms with Crippen LogP contribution in [0.15, 0.2) is 42.1 Å². The van der Waals surface area contributed by atoms with Crippen LogP contribution in [0, 0.1) is 5.82 Å². The summed E-state index contributed by atoms with van der Waals surface area (Å²) in [5.41, 5.74) is 0. The second-order valence-electron chi connectivity index (χ2n) is 6.73. The van der Waals surface area contributed by atoms with Gasteiger partial charge in [-0.2, -0.15) is 0 Å². The molecular weight excluding hydrogens is 379 g/mol. The molecule has 3 rings (SSSR count). The van der Waals surface area contributed by atoms with Gasteiger partial charge in [-0.3, -0.25) is 9.36 Å². The van der Waals surface area contributed by atoms with Gasteiger partial charge in [0.25, 0.3) is 0 Å². The molecule has 0 spiro atoms. The van der Waals surface area contributed by atoms with Crippen molar-refractivity contribution < 1.29 is 13.9 Å².